The Morgan fingerprint density at radius 2 is 1.81 bits per heavy atom. The van der Waals surface area contributed by atoms with Gasteiger partial charge >= 0.3 is 5.97 Å². The second-order valence-corrected chi connectivity index (χ2v) is 10.0. The van der Waals surface area contributed by atoms with Gasteiger partial charge in [-0.2, -0.15) is 0 Å². The van der Waals surface area contributed by atoms with Crippen LogP contribution in [0.5, 0.6) is 0 Å². The van der Waals surface area contributed by atoms with Crippen molar-refractivity contribution in [3.8, 4) is 0 Å². The lowest BCUT2D eigenvalue weighted by Gasteiger charge is -2.39. The molecule has 0 spiro atoms. The first kappa shape index (κ1) is 22.8. The Labute approximate surface area is 198 Å². The second kappa shape index (κ2) is 8.84. The Balaban J connectivity index is 1.77. The lowest BCUT2D eigenvalue weighted by Crippen LogP contribution is -2.39. The number of hydrogen-bond donors (Lipinski definition) is 0. The maximum absolute atomic E-state index is 13.4. The molecule has 2 atom stereocenters. The van der Waals surface area contributed by atoms with Crippen LogP contribution in [0.15, 0.2) is 64.8 Å². The molecule has 0 fully saturated rings. The van der Waals surface area contributed by atoms with Crippen LogP contribution in [0.2, 0.25) is 10.0 Å². The molecule has 0 saturated heterocycles. The molecule has 1 unspecified atom stereocenters. The van der Waals surface area contributed by atoms with Crippen molar-refractivity contribution in [2.24, 2.45) is 16.3 Å². The summed E-state index contributed by atoms with van der Waals surface area (Å²) >= 11 is 12.9. The molecule has 2 aliphatic rings. The average molecular weight is 470 g/mol. The van der Waals surface area contributed by atoms with E-state index in [9.17, 15) is 9.59 Å². The zero-order chi connectivity index (χ0) is 23.0. The lowest BCUT2D eigenvalue weighted by atomic mass is 9.67. The Morgan fingerprint density at radius 1 is 1.09 bits per heavy atom. The topological polar surface area (TPSA) is 55.7 Å². The maximum Gasteiger partial charge on any atom is 0.315 e. The maximum atomic E-state index is 13.4. The minimum absolute atomic E-state index is 0.00518. The largest absolute Gasteiger partial charge is 0.460 e. The molecule has 0 N–H and O–H groups in total. The lowest BCUT2D eigenvalue weighted by molar-refractivity contribution is -0.148. The molecule has 4 nitrogen and oxygen atoms in total. The highest BCUT2D eigenvalue weighted by Gasteiger charge is 2.46. The number of Topliss-reactive ketones (excluding diaryl/α,β-unsaturated/α-hetero) is 1. The number of benzene rings is 2. The highest BCUT2D eigenvalue weighted by molar-refractivity contribution is 6.42. The van der Waals surface area contributed by atoms with Crippen molar-refractivity contribution in [3.63, 3.8) is 0 Å². The van der Waals surface area contributed by atoms with E-state index in [1.165, 1.54) is 0 Å². The highest BCUT2D eigenvalue weighted by atomic mass is 35.5. The van der Waals surface area contributed by atoms with Gasteiger partial charge in [0.1, 0.15) is 12.5 Å². The molecule has 0 aromatic heterocycles. The Bertz CT molecular complexity index is 1140. The summed E-state index contributed by atoms with van der Waals surface area (Å²) in [6.45, 7) is 6.07. The number of ether oxygens (including phenoxy) is 1. The van der Waals surface area contributed by atoms with E-state index >= 15 is 0 Å². The van der Waals surface area contributed by atoms with Crippen LogP contribution in [0.1, 0.15) is 50.7 Å². The minimum atomic E-state index is -0.751. The third kappa shape index (κ3) is 4.39. The molecule has 2 aromatic carbocycles. The molecular weight excluding hydrogens is 445 g/mol. The van der Waals surface area contributed by atoms with Gasteiger partial charge in [0, 0.05) is 29.3 Å². The molecule has 0 radical (unpaired) electrons. The number of aliphatic imine (C=N–C) groups is 1. The van der Waals surface area contributed by atoms with Gasteiger partial charge in [-0.1, -0.05) is 79.5 Å². The van der Waals surface area contributed by atoms with Gasteiger partial charge in [0.25, 0.3) is 0 Å². The number of ketones is 1. The first-order valence-electron chi connectivity index (χ1n) is 10.6. The smallest absolute Gasteiger partial charge is 0.315 e. The fourth-order valence-electron chi connectivity index (χ4n) is 4.67. The Hall–Kier alpha value is -2.43. The van der Waals surface area contributed by atoms with Gasteiger partial charge in [0.2, 0.25) is 0 Å². The number of halogens is 2. The normalized spacial score (nSPS) is 22.3. The van der Waals surface area contributed by atoms with Gasteiger partial charge in [-0.25, -0.2) is 0 Å². The first-order chi connectivity index (χ1) is 15.2. The number of carbonyl (C=O) groups is 2. The van der Waals surface area contributed by atoms with Crippen molar-refractivity contribution in [1.29, 1.82) is 0 Å². The number of esters is 1. The van der Waals surface area contributed by atoms with Crippen LogP contribution in [-0.2, 0) is 20.9 Å². The second-order valence-electron chi connectivity index (χ2n) is 9.25. The summed E-state index contributed by atoms with van der Waals surface area (Å²) in [6.07, 6.45) is 1.05. The van der Waals surface area contributed by atoms with E-state index in [0.717, 1.165) is 11.3 Å². The van der Waals surface area contributed by atoms with Gasteiger partial charge in [0.05, 0.1) is 10.0 Å². The molecule has 0 saturated carbocycles. The van der Waals surface area contributed by atoms with E-state index in [1.54, 1.807) is 12.1 Å². The summed E-state index contributed by atoms with van der Waals surface area (Å²) in [5.41, 5.74) is 3.25. The molecule has 1 heterocycles. The molecule has 0 bridgehead atoms. The number of carbonyl (C=O) groups excluding carboxylic acids is 2. The minimum Gasteiger partial charge on any atom is -0.460 e. The van der Waals surface area contributed by atoms with E-state index in [0.29, 0.717) is 39.7 Å². The quantitative estimate of drug-likeness (QED) is 0.476. The van der Waals surface area contributed by atoms with Gasteiger partial charge < -0.3 is 4.74 Å². The summed E-state index contributed by atoms with van der Waals surface area (Å²) in [4.78, 5) is 31.4. The van der Waals surface area contributed by atoms with Crippen LogP contribution in [0, 0.1) is 11.3 Å². The molecule has 1 aliphatic carbocycles. The predicted octanol–water partition coefficient (Wildman–Crippen LogP) is 6.55. The van der Waals surface area contributed by atoms with Crippen molar-refractivity contribution in [1.82, 2.24) is 0 Å². The third-order valence-electron chi connectivity index (χ3n) is 6.10. The Kier molecular flexibility index (Phi) is 6.28. The summed E-state index contributed by atoms with van der Waals surface area (Å²) in [6, 6.07) is 14.8. The van der Waals surface area contributed by atoms with E-state index in [1.807, 2.05) is 43.3 Å². The summed E-state index contributed by atoms with van der Waals surface area (Å²) in [7, 11) is 0. The highest BCUT2D eigenvalue weighted by Crippen LogP contribution is 2.49. The molecule has 2 aromatic rings. The number of allylic oxidation sites excluding steroid dienone is 2. The van der Waals surface area contributed by atoms with Gasteiger partial charge in [0.15, 0.2) is 5.78 Å². The predicted molar refractivity (Wildman–Crippen MR) is 127 cm³/mol. The first-order valence-corrected chi connectivity index (χ1v) is 11.4. The van der Waals surface area contributed by atoms with Crippen LogP contribution < -0.4 is 0 Å². The van der Waals surface area contributed by atoms with E-state index in [2.05, 4.69) is 13.8 Å². The third-order valence-corrected chi connectivity index (χ3v) is 6.93. The summed E-state index contributed by atoms with van der Waals surface area (Å²) in [5, 5.41) is 0.727. The van der Waals surface area contributed by atoms with Crippen LogP contribution in [0.4, 0.5) is 0 Å². The molecule has 4 rings (SSSR count). The standard InChI is InChI=1S/C26H25Cl2NO3/c1-15-21(25(31)32-14-16-8-5-4-6-9-16)22(17-10-7-11-18(27)24(17)28)23-19(29-15)12-26(2,3)13-20(23)30/h4-11,21-22H,12-14H2,1-3H3/t21?,22-/m0/s1. The van der Waals surface area contributed by atoms with E-state index in [-0.39, 0.29) is 17.8 Å². The zero-order valence-electron chi connectivity index (χ0n) is 18.3. The van der Waals surface area contributed by atoms with Crippen LogP contribution in [0.25, 0.3) is 0 Å². The van der Waals surface area contributed by atoms with Crippen LogP contribution >= 0.6 is 23.2 Å². The number of nitrogens with zero attached hydrogens (tertiary/aromatic N) is 1. The monoisotopic (exact) mass is 469 g/mol. The molecular formula is C26H25Cl2NO3. The summed E-state index contributed by atoms with van der Waals surface area (Å²) in [5.74, 6) is -1.77. The van der Waals surface area contributed by atoms with E-state index < -0.39 is 17.8 Å². The van der Waals surface area contributed by atoms with Crippen molar-refractivity contribution < 1.29 is 14.3 Å². The molecule has 166 valence electrons. The van der Waals surface area contributed by atoms with Crippen molar-refractivity contribution in [2.45, 2.75) is 46.1 Å². The summed E-state index contributed by atoms with van der Waals surface area (Å²) < 4.78 is 5.69. The van der Waals surface area contributed by atoms with Crippen LogP contribution in [-0.4, -0.2) is 17.5 Å². The molecule has 1 aliphatic heterocycles. The zero-order valence-corrected chi connectivity index (χ0v) is 19.8. The van der Waals surface area contributed by atoms with Gasteiger partial charge in [-0.3, -0.25) is 14.6 Å². The fourth-order valence-corrected chi connectivity index (χ4v) is 5.09. The Morgan fingerprint density at radius 3 is 2.53 bits per heavy atom. The van der Waals surface area contributed by atoms with E-state index in [4.69, 9.17) is 32.9 Å². The molecule has 0 amide bonds. The van der Waals surface area contributed by atoms with Crippen molar-refractivity contribution in [3.05, 3.63) is 81.0 Å². The van der Waals surface area contributed by atoms with Gasteiger partial charge in [-0.05, 0) is 36.0 Å². The average Bonchev–Trinajstić information content (AvgIpc) is 2.73. The van der Waals surface area contributed by atoms with Crippen LogP contribution in [0.3, 0.4) is 0 Å². The van der Waals surface area contributed by atoms with Gasteiger partial charge in [-0.15, -0.1) is 0 Å². The molecule has 32 heavy (non-hydrogen) atoms. The van der Waals surface area contributed by atoms with Crippen molar-refractivity contribution >= 4 is 40.7 Å². The molecule has 6 heteroatoms. The fraction of sp³-hybridized carbons (Fsp3) is 0.346. The SMILES string of the molecule is CC1=NC2=C(C(=O)CC(C)(C)C2)[C@@H](c2cccc(Cl)c2Cl)C1C(=O)OCc1ccccc1. The van der Waals surface area contributed by atoms with Crippen molar-refractivity contribution in [2.75, 3.05) is 0 Å². The number of rotatable bonds is 4. The number of hydrogen-bond acceptors (Lipinski definition) is 4.